The molecule has 13 heavy (non-hydrogen) atoms. The van der Waals surface area contributed by atoms with E-state index in [1.54, 1.807) is 12.1 Å². The molecule has 0 spiro atoms. The number of halogens is 1. The predicted molar refractivity (Wildman–Crippen MR) is 48.4 cm³/mol. The lowest BCUT2D eigenvalue weighted by atomic mass is 10.3. The maximum atomic E-state index is 9.34. The molecule has 1 aromatic rings. The number of epoxide rings is 1. The fourth-order valence-electron chi connectivity index (χ4n) is 0.951. The number of aromatic hydroxyl groups is 1. The summed E-state index contributed by atoms with van der Waals surface area (Å²) < 4.78 is 10.2. The monoisotopic (exact) mass is 200 g/mol. The lowest BCUT2D eigenvalue weighted by Crippen LogP contribution is -2.03. The molecule has 4 heteroatoms. The highest BCUT2D eigenvalue weighted by atomic mass is 35.5. The topological polar surface area (TPSA) is 42.0 Å². The fraction of sp³-hybridized carbons (Fsp3) is 0.333. The van der Waals surface area contributed by atoms with E-state index in [9.17, 15) is 5.11 Å². The van der Waals surface area contributed by atoms with Crippen LogP contribution in [-0.2, 0) is 4.74 Å². The molecule has 1 fully saturated rings. The number of phenolic OH excluding ortho intramolecular Hbond substituents is 1. The van der Waals surface area contributed by atoms with E-state index in [1.165, 1.54) is 6.07 Å². The second-order valence-electron chi connectivity index (χ2n) is 2.88. The highest BCUT2D eigenvalue weighted by Gasteiger charge is 2.23. The number of hydrogen-bond acceptors (Lipinski definition) is 3. The summed E-state index contributed by atoms with van der Waals surface area (Å²) in [6.45, 7) is 1.20. The van der Waals surface area contributed by atoms with E-state index >= 15 is 0 Å². The number of phenols is 1. The van der Waals surface area contributed by atoms with Gasteiger partial charge in [0, 0.05) is 11.1 Å². The zero-order valence-corrected chi connectivity index (χ0v) is 7.62. The molecule has 1 saturated heterocycles. The molecule has 1 heterocycles. The summed E-state index contributed by atoms with van der Waals surface area (Å²) in [6.07, 6.45) is 0.179. The van der Waals surface area contributed by atoms with Crippen LogP contribution in [-0.4, -0.2) is 24.4 Å². The molecule has 70 valence electrons. The summed E-state index contributed by atoms with van der Waals surface area (Å²) in [6, 6.07) is 4.70. The molecule has 3 nitrogen and oxygen atoms in total. The summed E-state index contributed by atoms with van der Waals surface area (Å²) in [5.74, 6) is 0.507. The number of hydrogen-bond donors (Lipinski definition) is 1. The number of ether oxygens (including phenoxy) is 2. The van der Waals surface area contributed by atoms with Crippen LogP contribution in [0.15, 0.2) is 18.2 Å². The van der Waals surface area contributed by atoms with Gasteiger partial charge in [-0.3, -0.25) is 0 Å². The number of benzene rings is 1. The van der Waals surface area contributed by atoms with Crippen LogP contribution in [0.4, 0.5) is 0 Å². The SMILES string of the molecule is Oc1ccc(Cl)cc1OCC1CO1. The summed E-state index contributed by atoms with van der Waals surface area (Å²) in [7, 11) is 0. The van der Waals surface area contributed by atoms with Crippen molar-refractivity contribution in [3.63, 3.8) is 0 Å². The largest absolute Gasteiger partial charge is 0.504 e. The summed E-state index contributed by atoms with van der Waals surface area (Å²) in [5.41, 5.74) is 0. The second kappa shape index (κ2) is 3.44. The lowest BCUT2D eigenvalue weighted by Gasteiger charge is -2.06. The Hall–Kier alpha value is -0.930. The molecule has 0 bridgehead atoms. The molecule has 1 aliphatic rings. The molecular formula is C9H9ClO3. The molecule has 1 aliphatic heterocycles. The zero-order chi connectivity index (χ0) is 9.26. The Kier molecular flexibility index (Phi) is 2.29. The molecule has 0 saturated carbocycles. The van der Waals surface area contributed by atoms with Crippen LogP contribution in [0, 0.1) is 0 Å². The van der Waals surface area contributed by atoms with Crippen LogP contribution in [0.3, 0.4) is 0 Å². The molecule has 1 N–H and O–H groups in total. The van der Waals surface area contributed by atoms with E-state index < -0.39 is 0 Å². The minimum atomic E-state index is 0.102. The first kappa shape index (κ1) is 8.66. The third-order valence-electron chi connectivity index (χ3n) is 1.75. The molecule has 1 unspecified atom stereocenters. The first-order valence-electron chi connectivity index (χ1n) is 3.98. The van der Waals surface area contributed by atoms with Crippen molar-refractivity contribution in [1.29, 1.82) is 0 Å². The van der Waals surface area contributed by atoms with Gasteiger partial charge in [-0.1, -0.05) is 11.6 Å². The Morgan fingerprint density at radius 2 is 2.38 bits per heavy atom. The molecular weight excluding hydrogens is 192 g/mol. The predicted octanol–water partition coefficient (Wildman–Crippen LogP) is 1.82. The average Bonchev–Trinajstić information content (AvgIpc) is 2.90. The normalized spacial score (nSPS) is 19.9. The highest BCUT2D eigenvalue weighted by molar-refractivity contribution is 6.30. The van der Waals surface area contributed by atoms with Gasteiger partial charge in [-0.2, -0.15) is 0 Å². The van der Waals surface area contributed by atoms with Gasteiger partial charge in [0.25, 0.3) is 0 Å². The molecule has 0 aliphatic carbocycles. The van der Waals surface area contributed by atoms with Crippen LogP contribution in [0.1, 0.15) is 0 Å². The molecule has 2 rings (SSSR count). The van der Waals surface area contributed by atoms with Gasteiger partial charge in [0.05, 0.1) is 6.61 Å². The molecule has 0 radical (unpaired) electrons. The van der Waals surface area contributed by atoms with Crippen LogP contribution in [0.5, 0.6) is 11.5 Å². The zero-order valence-electron chi connectivity index (χ0n) is 6.87. The minimum absolute atomic E-state index is 0.102. The van der Waals surface area contributed by atoms with Crippen molar-refractivity contribution >= 4 is 11.6 Å². The average molecular weight is 201 g/mol. The van der Waals surface area contributed by atoms with Crippen molar-refractivity contribution in [2.75, 3.05) is 13.2 Å². The summed E-state index contributed by atoms with van der Waals surface area (Å²) >= 11 is 5.73. The first-order valence-corrected chi connectivity index (χ1v) is 4.36. The van der Waals surface area contributed by atoms with Crippen molar-refractivity contribution in [3.05, 3.63) is 23.2 Å². The Morgan fingerprint density at radius 1 is 1.62 bits per heavy atom. The Morgan fingerprint density at radius 3 is 3.08 bits per heavy atom. The van der Waals surface area contributed by atoms with Gasteiger partial charge in [-0.05, 0) is 12.1 Å². The van der Waals surface area contributed by atoms with E-state index in [-0.39, 0.29) is 11.9 Å². The van der Waals surface area contributed by atoms with Crippen molar-refractivity contribution in [3.8, 4) is 11.5 Å². The van der Waals surface area contributed by atoms with Crippen molar-refractivity contribution < 1.29 is 14.6 Å². The molecule has 1 atom stereocenters. The van der Waals surface area contributed by atoms with Gasteiger partial charge < -0.3 is 14.6 Å². The quantitative estimate of drug-likeness (QED) is 0.757. The van der Waals surface area contributed by atoms with E-state index in [0.29, 0.717) is 17.4 Å². The highest BCUT2D eigenvalue weighted by Crippen LogP contribution is 2.29. The van der Waals surface area contributed by atoms with Crippen LogP contribution < -0.4 is 4.74 Å². The maximum Gasteiger partial charge on any atom is 0.162 e. The van der Waals surface area contributed by atoms with Crippen LogP contribution in [0.2, 0.25) is 5.02 Å². The van der Waals surface area contributed by atoms with E-state index in [1.807, 2.05) is 0 Å². The summed E-state index contributed by atoms with van der Waals surface area (Å²) in [5, 5.41) is 9.89. The van der Waals surface area contributed by atoms with Gasteiger partial charge >= 0.3 is 0 Å². The van der Waals surface area contributed by atoms with Gasteiger partial charge in [0.2, 0.25) is 0 Å². The third-order valence-corrected chi connectivity index (χ3v) is 1.98. The Bertz CT molecular complexity index is 310. The van der Waals surface area contributed by atoms with E-state index in [4.69, 9.17) is 21.1 Å². The Balaban J connectivity index is 2.03. The second-order valence-corrected chi connectivity index (χ2v) is 3.31. The molecule has 0 amide bonds. The fourth-order valence-corrected chi connectivity index (χ4v) is 1.11. The minimum Gasteiger partial charge on any atom is -0.504 e. The van der Waals surface area contributed by atoms with Gasteiger partial charge in [-0.25, -0.2) is 0 Å². The smallest absolute Gasteiger partial charge is 0.162 e. The van der Waals surface area contributed by atoms with Crippen molar-refractivity contribution in [1.82, 2.24) is 0 Å². The van der Waals surface area contributed by atoms with Crippen LogP contribution in [0.25, 0.3) is 0 Å². The molecule has 0 aromatic heterocycles. The standard InChI is InChI=1S/C9H9ClO3/c10-6-1-2-8(11)9(3-6)13-5-7-4-12-7/h1-3,7,11H,4-5H2. The molecule has 1 aromatic carbocycles. The number of rotatable bonds is 3. The van der Waals surface area contributed by atoms with E-state index in [2.05, 4.69) is 0 Å². The van der Waals surface area contributed by atoms with Gasteiger partial charge in [0.15, 0.2) is 11.5 Å². The van der Waals surface area contributed by atoms with Crippen molar-refractivity contribution in [2.45, 2.75) is 6.10 Å². The summed E-state index contributed by atoms with van der Waals surface area (Å²) in [4.78, 5) is 0. The Labute approximate surface area is 80.8 Å². The van der Waals surface area contributed by atoms with Gasteiger partial charge in [-0.15, -0.1) is 0 Å². The lowest BCUT2D eigenvalue weighted by molar-refractivity contribution is 0.254. The third kappa shape index (κ3) is 2.26. The van der Waals surface area contributed by atoms with Crippen molar-refractivity contribution in [2.24, 2.45) is 0 Å². The van der Waals surface area contributed by atoms with E-state index in [0.717, 1.165) is 6.61 Å². The van der Waals surface area contributed by atoms with Crippen LogP contribution >= 0.6 is 11.6 Å². The van der Waals surface area contributed by atoms with Gasteiger partial charge in [0.1, 0.15) is 12.7 Å². The maximum absolute atomic E-state index is 9.34. The first-order chi connectivity index (χ1) is 6.25.